The Bertz CT molecular complexity index is 730. The highest BCUT2D eigenvalue weighted by molar-refractivity contribution is 5.41. The normalized spacial score (nSPS) is 26.8. The van der Waals surface area contributed by atoms with E-state index in [1.165, 1.54) is 38.5 Å². The molecule has 0 heterocycles. The molecule has 0 heteroatoms. The Morgan fingerprint density at radius 1 is 0.929 bits per heavy atom. The number of allylic oxidation sites excluding steroid dienone is 9. The fourth-order valence-corrected chi connectivity index (χ4v) is 5.04. The molecule has 4 rings (SSSR count). The summed E-state index contributed by atoms with van der Waals surface area (Å²) in [5.74, 6) is 3.59. The van der Waals surface area contributed by atoms with Crippen molar-refractivity contribution >= 4 is 0 Å². The summed E-state index contributed by atoms with van der Waals surface area (Å²) in [4.78, 5) is 0. The van der Waals surface area contributed by atoms with Gasteiger partial charge in [0.25, 0.3) is 0 Å². The highest BCUT2D eigenvalue weighted by Crippen LogP contribution is 2.58. The molecule has 4 atom stereocenters. The highest BCUT2D eigenvalue weighted by atomic mass is 14.5. The highest BCUT2D eigenvalue weighted by Gasteiger charge is 2.48. The molecule has 0 aromatic heterocycles. The lowest BCUT2D eigenvalue weighted by Gasteiger charge is -2.20. The average molecular weight is 373 g/mol. The standard InChI is InChI=1S/C14H14.C14H22/c1-2-4-12-9(3-1)8-13-10-5-6-11(7-10)14(12)13;1-3-5-7-9-11-13-14-12-10-8-6-4-2/h1-6,10-11,13-14H,7-8H2;3,5,7-11H,1,4,6,12-14H2,2H3. The molecule has 0 aliphatic heterocycles. The molecule has 0 nitrogen and oxygen atoms in total. The van der Waals surface area contributed by atoms with Gasteiger partial charge in [0, 0.05) is 0 Å². The second-order valence-electron chi connectivity index (χ2n) is 8.28. The maximum absolute atomic E-state index is 3.61. The fraction of sp³-hybridized carbons (Fsp3) is 0.429. The summed E-state index contributed by atoms with van der Waals surface area (Å²) in [6.07, 6.45) is 28.4. The number of hydrogen-bond acceptors (Lipinski definition) is 0. The molecule has 1 saturated carbocycles. The third-order valence-corrected chi connectivity index (χ3v) is 6.35. The Hall–Kier alpha value is -2.08. The van der Waals surface area contributed by atoms with Crippen molar-refractivity contribution in [2.45, 2.75) is 57.8 Å². The number of benzene rings is 1. The van der Waals surface area contributed by atoms with Gasteiger partial charge in [0.15, 0.2) is 0 Å². The summed E-state index contributed by atoms with van der Waals surface area (Å²) in [7, 11) is 0. The lowest BCUT2D eigenvalue weighted by atomic mass is 9.84. The van der Waals surface area contributed by atoms with Crippen LogP contribution >= 0.6 is 0 Å². The molecular formula is C28H36. The molecule has 1 fully saturated rings. The van der Waals surface area contributed by atoms with Gasteiger partial charge in [0.05, 0.1) is 0 Å². The predicted octanol–water partition coefficient (Wildman–Crippen LogP) is 7.96. The van der Waals surface area contributed by atoms with Crippen LogP contribution in [0.3, 0.4) is 0 Å². The van der Waals surface area contributed by atoms with Gasteiger partial charge in [-0.15, -0.1) is 0 Å². The minimum Gasteiger partial charge on any atom is -0.0991 e. The van der Waals surface area contributed by atoms with E-state index in [0.717, 1.165) is 30.1 Å². The lowest BCUT2D eigenvalue weighted by molar-refractivity contribution is 0.426. The van der Waals surface area contributed by atoms with Gasteiger partial charge in [-0.1, -0.05) is 98.9 Å². The van der Waals surface area contributed by atoms with E-state index in [1.807, 2.05) is 12.2 Å². The summed E-state index contributed by atoms with van der Waals surface area (Å²) in [5.41, 5.74) is 3.29. The molecule has 28 heavy (non-hydrogen) atoms. The number of fused-ring (bicyclic) bond motifs is 7. The smallest absolute Gasteiger partial charge is 0.00589 e. The first-order valence-corrected chi connectivity index (χ1v) is 11.2. The minimum absolute atomic E-state index is 0.869. The molecule has 0 radical (unpaired) electrons. The molecule has 148 valence electrons. The molecule has 1 aromatic carbocycles. The zero-order valence-corrected chi connectivity index (χ0v) is 17.5. The van der Waals surface area contributed by atoms with Gasteiger partial charge in [-0.25, -0.2) is 0 Å². The number of unbranched alkanes of at least 4 members (excludes halogenated alkanes) is 3. The molecule has 0 spiro atoms. The van der Waals surface area contributed by atoms with E-state index < -0.39 is 0 Å². The van der Waals surface area contributed by atoms with Gasteiger partial charge >= 0.3 is 0 Å². The van der Waals surface area contributed by atoms with Crippen LogP contribution in [0.4, 0.5) is 0 Å². The van der Waals surface area contributed by atoms with Crippen LogP contribution in [0.5, 0.6) is 0 Å². The minimum atomic E-state index is 0.869. The SMILES string of the molecule is C1=CC2CC1C1Cc3ccccc3C21.C=CC=CC=CCCCC=CCCC. The van der Waals surface area contributed by atoms with E-state index in [1.54, 1.807) is 17.2 Å². The molecule has 0 saturated heterocycles. The lowest BCUT2D eigenvalue weighted by Crippen LogP contribution is -2.12. The van der Waals surface area contributed by atoms with Crippen LogP contribution < -0.4 is 0 Å². The van der Waals surface area contributed by atoms with Crippen molar-refractivity contribution in [3.05, 3.63) is 96.7 Å². The van der Waals surface area contributed by atoms with E-state index in [0.29, 0.717) is 0 Å². The second-order valence-corrected chi connectivity index (χ2v) is 8.28. The molecule has 0 N–H and O–H groups in total. The van der Waals surface area contributed by atoms with Crippen molar-refractivity contribution in [3.8, 4) is 0 Å². The number of hydrogen-bond donors (Lipinski definition) is 0. The van der Waals surface area contributed by atoms with Crippen molar-refractivity contribution in [3.63, 3.8) is 0 Å². The fourth-order valence-electron chi connectivity index (χ4n) is 5.04. The van der Waals surface area contributed by atoms with Gasteiger partial charge in [0.1, 0.15) is 0 Å². The summed E-state index contributed by atoms with van der Waals surface area (Å²) in [6.45, 7) is 5.81. The first-order chi connectivity index (χ1) is 13.8. The summed E-state index contributed by atoms with van der Waals surface area (Å²) < 4.78 is 0. The Kier molecular flexibility index (Phi) is 8.15. The maximum Gasteiger partial charge on any atom is -0.00589 e. The van der Waals surface area contributed by atoms with Crippen LogP contribution in [0.25, 0.3) is 0 Å². The Morgan fingerprint density at radius 3 is 2.57 bits per heavy atom. The van der Waals surface area contributed by atoms with Crippen molar-refractivity contribution in [2.75, 3.05) is 0 Å². The maximum atomic E-state index is 3.61. The molecule has 2 bridgehead atoms. The molecule has 3 aliphatic carbocycles. The Morgan fingerprint density at radius 2 is 1.71 bits per heavy atom. The summed E-state index contributed by atoms with van der Waals surface area (Å²) >= 11 is 0. The van der Waals surface area contributed by atoms with E-state index >= 15 is 0 Å². The first kappa shape index (κ1) is 20.6. The zero-order valence-electron chi connectivity index (χ0n) is 17.5. The van der Waals surface area contributed by atoms with E-state index in [-0.39, 0.29) is 0 Å². The molecule has 3 aliphatic rings. The van der Waals surface area contributed by atoms with Crippen molar-refractivity contribution in [1.29, 1.82) is 0 Å². The van der Waals surface area contributed by atoms with Crippen LogP contribution in [0.1, 0.15) is 62.5 Å². The van der Waals surface area contributed by atoms with E-state index in [2.05, 4.69) is 74.2 Å². The predicted molar refractivity (Wildman–Crippen MR) is 123 cm³/mol. The summed E-state index contributed by atoms with van der Waals surface area (Å²) in [5, 5.41) is 0. The second kappa shape index (κ2) is 11.1. The van der Waals surface area contributed by atoms with Gasteiger partial charge in [-0.3, -0.25) is 0 Å². The monoisotopic (exact) mass is 372 g/mol. The number of rotatable bonds is 8. The Labute approximate surface area is 172 Å². The summed E-state index contributed by atoms with van der Waals surface area (Å²) in [6, 6.07) is 9.08. The van der Waals surface area contributed by atoms with Crippen LogP contribution in [0, 0.1) is 17.8 Å². The zero-order chi connectivity index (χ0) is 19.6. The molecule has 4 unspecified atom stereocenters. The van der Waals surface area contributed by atoms with Gasteiger partial charge in [-0.2, -0.15) is 0 Å². The first-order valence-electron chi connectivity index (χ1n) is 11.2. The largest absolute Gasteiger partial charge is 0.0991 e. The molecular weight excluding hydrogens is 336 g/mol. The van der Waals surface area contributed by atoms with Crippen molar-refractivity contribution in [2.24, 2.45) is 17.8 Å². The van der Waals surface area contributed by atoms with Crippen LogP contribution in [0.2, 0.25) is 0 Å². The third-order valence-electron chi connectivity index (χ3n) is 6.35. The van der Waals surface area contributed by atoms with Gasteiger partial charge in [0.2, 0.25) is 0 Å². The Balaban J connectivity index is 0.000000161. The van der Waals surface area contributed by atoms with E-state index in [9.17, 15) is 0 Å². The van der Waals surface area contributed by atoms with Crippen LogP contribution in [0.15, 0.2) is 85.5 Å². The topological polar surface area (TPSA) is 0 Å². The van der Waals surface area contributed by atoms with Crippen LogP contribution in [-0.4, -0.2) is 0 Å². The average Bonchev–Trinajstić information content (AvgIpc) is 3.42. The third kappa shape index (κ3) is 5.25. The van der Waals surface area contributed by atoms with Crippen molar-refractivity contribution in [1.82, 2.24) is 0 Å². The quantitative estimate of drug-likeness (QED) is 0.247. The molecule has 1 aromatic rings. The van der Waals surface area contributed by atoms with Crippen LogP contribution in [-0.2, 0) is 6.42 Å². The van der Waals surface area contributed by atoms with Gasteiger partial charge < -0.3 is 0 Å². The van der Waals surface area contributed by atoms with Crippen molar-refractivity contribution < 1.29 is 0 Å². The van der Waals surface area contributed by atoms with E-state index in [4.69, 9.17) is 0 Å². The molecule has 0 amide bonds. The van der Waals surface area contributed by atoms with Gasteiger partial charge in [-0.05, 0) is 73.3 Å².